The van der Waals surface area contributed by atoms with E-state index in [0.29, 0.717) is 49.5 Å². The fourth-order valence-electron chi connectivity index (χ4n) is 4.26. The van der Waals surface area contributed by atoms with Crippen molar-refractivity contribution in [3.63, 3.8) is 0 Å². The molecule has 230 valence electrons. The van der Waals surface area contributed by atoms with Crippen molar-refractivity contribution < 1.29 is 19.1 Å². The molecule has 7 heteroatoms. The molecule has 3 rings (SSSR count). The fourth-order valence-corrected chi connectivity index (χ4v) is 5.19. The van der Waals surface area contributed by atoms with Crippen LogP contribution in [0, 0.1) is 6.92 Å². The number of nitrogens with zero attached hydrogens (tertiary/aromatic N) is 1. The summed E-state index contributed by atoms with van der Waals surface area (Å²) < 4.78 is 11.3. The topological polar surface area (TPSA) is 67.9 Å². The van der Waals surface area contributed by atoms with Gasteiger partial charge in [-0.3, -0.25) is 9.59 Å². The molecule has 44 heavy (non-hydrogen) atoms. The van der Waals surface area contributed by atoms with Gasteiger partial charge in [-0.15, -0.1) is 0 Å². The molecule has 3 aromatic rings. The number of rotatable bonds is 17. The average molecular weight is 611 g/mol. The lowest BCUT2D eigenvalue weighted by atomic mass is 10.0. The molecule has 6 nitrogen and oxygen atoms in total. The van der Waals surface area contributed by atoms with E-state index in [2.05, 4.69) is 78.8 Å². The largest absolute Gasteiger partial charge is 0.491 e. The first-order valence-electron chi connectivity index (χ1n) is 14.5. The van der Waals surface area contributed by atoms with Crippen LogP contribution in [-0.2, 0) is 4.74 Å². The number of thioether (sulfide) groups is 1. The molecule has 0 radical (unpaired) electrons. The van der Waals surface area contributed by atoms with Gasteiger partial charge in [0.25, 0.3) is 0 Å². The lowest BCUT2D eigenvalue weighted by molar-refractivity contribution is 0.0999. The molecular formula is C37H42N2O4S. The zero-order valence-corrected chi connectivity index (χ0v) is 27.1. The predicted molar refractivity (Wildman–Crippen MR) is 185 cm³/mol. The van der Waals surface area contributed by atoms with Gasteiger partial charge in [-0.2, -0.15) is 0 Å². The second-order valence-corrected chi connectivity index (χ2v) is 11.5. The number of aryl methyl sites for hydroxylation is 1. The summed E-state index contributed by atoms with van der Waals surface area (Å²) in [6.45, 7) is 15.8. The van der Waals surface area contributed by atoms with Gasteiger partial charge in [0, 0.05) is 53.0 Å². The van der Waals surface area contributed by atoms with Gasteiger partial charge in [0.05, 0.1) is 13.2 Å². The van der Waals surface area contributed by atoms with Gasteiger partial charge >= 0.3 is 0 Å². The number of anilines is 1. The van der Waals surface area contributed by atoms with E-state index in [1.54, 1.807) is 30.0 Å². The van der Waals surface area contributed by atoms with Crippen LogP contribution in [0.5, 0.6) is 5.75 Å². The zero-order valence-electron chi connectivity index (χ0n) is 26.3. The molecule has 0 aliphatic rings. The second kappa shape index (κ2) is 17.1. The Morgan fingerprint density at radius 3 is 2.34 bits per heavy atom. The highest BCUT2D eigenvalue weighted by Crippen LogP contribution is 2.37. The van der Waals surface area contributed by atoms with E-state index in [1.807, 2.05) is 33.2 Å². The van der Waals surface area contributed by atoms with Crippen molar-refractivity contribution in [2.75, 3.05) is 45.4 Å². The lowest BCUT2D eigenvalue weighted by Gasteiger charge is -2.16. The van der Waals surface area contributed by atoms with Gasteiger partial charge in [-0.25, -0.2) is 0 Å². The summed E-state index contributed by atoms with van der Waals surface area (Å²) in [5.41, 5.74) is 7.20. The van der Waals surface area contributed by atoms with Crippen molar-refractivity contribution in [1.82, 2.24) is 5.32 Å². The van der Waals surface area contributed by atoms with Crippen LogP contribution >= 0.6 is 11.8 Å². The minimum absolute atomic E-state index is 0.178. The second-order valence-electron chi connectivity index (χ2n) is 10.4. The average Bonchev–Trinajstić information content (AvgIpc) is 3.01. The minimum Gasteiger partial charge on any atom is -0.491 e. The molecule has 0 saturated carbocycles. The van der Waals surface area contributed by atoms with Gasteiger partial charge in [0.2, 0.25) is 0 Å². The van der Waals surface area contributed by atoms with Crippen LogP contribution in [0.25, 0.3) is 10.5 Å². The van der Waals surface area contributed by atoms with E-state index < -0.39 is 0 Å². The van der Waals surface area contributed by atoms with Gasteiger partial charge in [-0.05, 0) is 79.4 Å². The summed E-state index contributed by atoms with van der Waals surface area (Å²) in [7, 11) is 4.10. The summed E-state index contributed by atoms with van der Waals surface area (Å²) in [5, 5.41) is 3.26. The Kier molecular flexibility index (Phi) is 13.3. The molecule has 3 aromatic carbocycles. The maximum absolute atomic E-state index is 11.7. The molecule has 0 unspecified atom stereocenters. The Hall–Kier alpha value is -4.33. The SMILES string of the molecule is C=C(/C=C\C(=C/C)c1ccc(C(=C)Sc2cc(N(C)C)ccc2C)cc1)NCCOCCOc1ccc(C=O)c(C(C)=O)c1. The number of carbonyl (C=O) groups excluding carboxylic acids is 2. The highest BCUT2D eigenvalue weighted by Gasteiger charge is 2.09. The fraction of sp³-hybridized carbons (Fsp3) is 0.243. The van der Waals surface area contributed by atoms with Crippen molar-refractivity contribution in [1.29, 1.82) is 0 Å². The number of ketones is 1. The Morgan fingerprint density at radius 2 is 1.68 bits per heavy atom. The van der Waals surface area contributed by atoms with E-state index in [9.17, 15) is 9.59 Å². The van der Waals surface area contributed by atoms with E-state index in [0.717, 1.165) is 27.3 Å². The Morgan fingerprint density at radius 1 is 0.955 bits per heavy atom. The Bertz CT molecular complexity index is 1540. The first kappa shape index (κ1) is 34.2. The van der Waals surface area contributed by atoms with E-state index >= 15 is 0 Å². The summed E-state index contributed by atoms with van der Waals surface area (Å²) in [6.07, 6.45) is 6.75. The number of benzene rings is 3. The van der Waals surface area contributed by atoms with E-state index in [-0.39, 0.29) is 5.78 Å². The maximum Gasteiger partial charge on any atom is 0.160 e. The van der Waals surface area contributed by atoms with Gasteiger partial charge in [0.15, 0.2) is 12.1 Å². The van der Waals surface area contributed by atoms with Crippen molar-refractivity contribution in [3.05, 3.63) is 126 Å². The smallest absolute Gasteiger partial charge is 0.160 e. The number of carbonyl (C=O) groups is 2. The van der Waals surface area contributed by atoms with Crippen LogP contribution in [0.4, 0.5) is 5.69 Å². The highest BCUT2D eigenvalue weighted by atomic mass is 32.2. The summed E-state index contributed by atoms with van der Waals surface area (Å²) in [5.74, 6) is 0.350. The van der Waals surface area contributed by atoms with Crippen LogP contribution in [0.2, 0.25) is 0 Å². The number of Topliss-reactive ketones (excluding diaryl/α,β-unsaturated/α-hetero) is 1. The van der Waals surface area contributed by atoms with Crippen molar-refractivity contribution in [3.8, 4) is 5.75 Å². The van der Waals surface area contributed by atoms with Crippen LogP contribution < -0.4 is 15.0 Å². The van der Waals surface area contributed by atoms with E-state index in [4.69, 9.17) is 9.47 Å². The molecule has 0 aliphatic carbocycles. The molecule has 0 fully saturated rings. The Balaban J connectivity index is 1.41. The maximum atomic E-state index is 11.7. The van der Waals surface area contributed by atoms with Crippen molar-refractivity contribution >= 4 is 40.0 Å². The Labute approximate surface area is 266 Å². The predicted octanol–water partition coefficient (Wildman–Crippen LogP) is 8.00. The number of aldehydes is 1. The third-order valence-electron chi connectivity index (χ3n) is 6.86. The summed E-state index contributed by atoms with van der Waals surface area (Å²) in [4.78, 5) is 27.1. The monoisotopic (exact) mass is 610 g/mol. The van der Waals surface area contributed by atoms with Gasteiger partial charge < -0.3 is 19.7 Å². The number of allylic oxidation sites excluding steroid dienone is 4. The molecule has 0 aliphatic heterocycles. The molecule has 0 heterocycles. The molecule has 0 atom stereocenters. The highest BCUT2D eigenvalue weighted by molar-refractivity contribution is 8.08. The first-order valence-corrected chi connectivity index (χ1v) is 15.3. The normalized spacial score (nSPS) is 11.3. The minimum atomic E-state index is -0.178. The van der Waals surface area contributed by atoms with Crippen LogP contribution in [0.3, 0.4) is 0 Å². The zero-order chi connectivity index (χ0) is 32.1. The molecule has 0 bridgehead atoms. The third-order valence-corrected chi connectivity index (χ3v) is 8.00. The molecule has 0 spiro atoms. The number of nitrogens with one attached hydrogen (secondary N) is 1. The molecule has 0 aromatic heterocycles. The summed E-state index contributed by atoms with van der Waals surface area (Å²) in [6, 6.07) is 19.8. The molecular weight excluding hydrogens is 568 g/mol. The lowest BCUT2D eigenvalue weighted by Crippen LogP contribution is -2.19. The van der Waals surface area contributed by atoms with Crippen molar-refractivity contribution in [2.45, 2.75) is 25.7 Å². The number of hydrogen-bond acceptors (Lipinski definition) is 7. The molecule has 1 N–H and O–H groups in total. The molecule has 0 saturated heterocycles. The number of hydrogen-bond donors (Lipinski definition) is 1. The quantitative estimate of drug-likeness (QED) is 0.0546. The van der Waals surface area contributed by atoms with Crippen LogP contribution in [0.15, 0.2) is 103 Å². The number of ether oxygens (including phenoxy) is 2. The van der Waals surface area contributed by atoms with Gasteiger partial charge in [0.1, 0.15) is 12.4 Å². The summed E-state index contributed by atoms with van der Waals surface area (Å²) >= 11 is 1.70. The van der Waals surface area contributed by atoms with Crippen LogP contribution in [0.1, 0.15) is 51.3 Å². The van der Waals surface area contributed by atoms with Crippen LogP contribution in [-0.4, -0.2) is 52.5 Å². The third kappa shape index (κ3) is 10.1. The van der Waals surface area contributed by atoms with Gasteiger partial charge in [-0.1, -0.05) is 67.4 Å². The standard InChI is InChI=1S/C37H42N2O4S/c1-8-30(32-14-12-31(13-15-32)29(5)44-37-23-34(39(6)7)17-9-26(37)2)11-10-27(3)38-19-20-42-21-22-43-35-18-16-33(25-40)36(24-35)28(4)41/h8-18,23-25,38H,3,5,19-22H2,1-2,4,6-7H3/b11-10-,30-8+. The first-order chi connectivity index (χ1) is 21.1. The van der Waals surface area contributed by atoms with Crippen molar-refractivity contribution in [2.24, 2.45) is 0 Å². The van der Waals surface area contributed by atoms with E-state index in [1.165, 1.54) is 23.1 Å². The molecule has 0 amide bonds.